The number of hydrogen-bond donors (Lipinski definition) is 5. The van der Waals surface area contributed by atoms with Gasteiger partial charge in [0.25, 0.3) is 0 Å². The van der Waals surface area contributed by atoms with Gasteiger partial charge >= 0.3 is 15.2 Å². The highest BCUT2D eigenvalue weighted by Gasteiger charge is 2.43. The summed E-state index contributed by atoms with van der Waals surface area (Å²) in [6.45, 7) is 1.42. The molecule has 7 nitrogen and oxygen atoms in total. The molecule has 13 heavy (non-hydrogen) atoms. The predicted octanol–water partition coefficient (Wildman–Crippen LogP) is -0.595. The first-order valence-corrected chi connectivity index (χ1v) is 6.77. The van der Waals surface area contributed by atoms with Gasteiger partial charge < -0.3 is 25.3 Å². The molecule has 0 heterocycles. The molecule has 0 fully saturated rings. The van der Waals surface area contributed by atoms with Crippen LogP contribution in [0.15, 0.2) is 0 Å². The van der Waals surface area contributed by atoms with Crippen LogP contribution in [0.1, 0.15) is 13.3 Å². The van der Waals surface area contributed by atoms with E-state index >= 15 is 0 Å². The van der Waals surface area contributed by atoms with Crippen LogP contribution >= 0.6 is 15.2 Å². The Labute approximate surface area is 75.3 Å². The van der Waals surface area contributed by atoms with Crippen LogP contribution in [0.4, 0.5) is 0 Å². The van der Waals surface area contributed by atoms with Gasteiger partial charge in [-0.2, -0.15) is 0 Å². The molecule has 0 saturated carbocycles. The molecule has 0 aromatic carbocycles. The van der Waals surface area contributed by atoms with E-state index in [0.717, 1.165) is 0 Å². The van der Waals surface area contributed by atoms with Gasteiger partial charge in [0.1, 0.15) is 0 Å². The van der Waals surface area contributed by atoms with Gasteiger partial charge in [0.05, 0.1) is 0 Å². The van der Waals surface area contributed by atoms with E-state index in [-0.39, 0.29) is 0 Å². The third kappa shape index (κ3) is 4.88. The maximum absolute atomic E-state index is 10.7. The standard InChI is InChI=1S/C4H13NO6P2/c1-3(5)2-4(12(6,7)8)13(9,10)11/h3-4H,2,5H2,1H3,(H2,6,7,8)(H2,9,10,11). The van der Waals surface area contributed by atoms with Crippen LogP contribution in [0.25, 0.3) is 0 Å². The van der Waals surface area contributed by atoms with Crippen molar-refractivity contribution in [3.8, 4) is 0 Å². The molecule has 0 amide bonds. The summed E-state index contributed by atoms with van der Waals surface area (Å²) in [5.74, 6) is 0. The van der Waals surface area contributed by atoms with Crippen molar-refractivity contribution in [1.29, 1.82) is 0 Å². The van der Waals surface area contributed by atoms with E-state index < -0.39 is 33.1 Å². The summed E-state index contributed by atoms with van der Waals surface area (Å²) in [6.07, 6.45) is -0.408. The molecule has 0 aliphatic heterocycles. The van der Waals surface area contributed by atoms with Gasteiger partial charge in [0, 0.05) is 6.04 Å². The van der Waals surface area contributed by atoms with Crippen molar-refractivity contribution in [2.24, 2.45) is 5.73 Å². The average Bonchev–Trinajstić information content (AvgIpc) is 1.77. The third-order valence-electron chi connectivity index (χ3n) is 1.36. The quantitative estimate of drug-likeness (QED) is 0.408. The Morgan fingerprint density at radius 3 is 1.54 bits per heavy atom. The zero-order valence-corrected chi connectivity index (χ0v) is 8.73. The molecule has 0 rings (SSSR count). The molecule has 0 spiro atoms. The molecule has 0 aliphatic rings. The van der Waals surface area contributed by atoms with Gasteiger partial charge in [0.2, 0.25) is 0 Å². The van der Waals surface area contributed by atoms with Crippen LogP contribution < -0.4 is 5.73 Å². The van der Waals surface area contributed by atoms with Crippen molar-refractivity contribution < 1.29 is 28.7 Å². The molecule has 0 saturated heterocycles. The summed E-state index contributed by atoms with van der Waals surface area (Å²) in [4.78, 5) is 34.5. The van der Waals surface area contributed by atoms with Gasteiger partial charge in [0.15, 0.2) is 5.40 Å². The minimum absolute atomic E-state index is 0.408. The fraction of sp³-hybridized carbons (Fsp3) is 1.00. The fourth-order valence-corrected chi connectivity index (χ4v) is 3.59. The zero-order chi connectivity index (χ0) is 10.9. The van der Waals surface area contributed by atoms with Gasteiger partial charge in [-0.3, -0.25) is 9.13 Å². The van der Waals surface area contributed by atoms with E-state index in [2.05, 4.69) is 0 Å². The van der Waals surface area contributed by atoms with Crippen molar-refractivity contribution in [2.45, 2.75) is 24.8 Å². The van der Waals surface area contributed by atoms with Crippen LogP contribution in [0, 0.1) is 0 Å². The molecule has 1 atom stereocenters. The summed E-state index contributed by atoms with van der Waals surface area (Å²) in [5.41, 5.74) is 5.20. The lowest BCUT2D eigenvalue weighted by Crippen LogP contribution is -2.23. The molecule has 9 heteroatoms. The molecular formula is C4H13NO6P2. The Kier molecular flexibility index (Phi) is 4.27. The Balaban J connectivity index is 4.80. The number of hydrogen-bond acceptors (Lipinski definition) is 3. The normalized spacial score (nSPS) is 16.2. The van der Waals surface area contributed by atoms with Crippen molar-refractivity contribution in [3.63, 3.8) is 0 Å². The van der Waals surface area contributed by atoms with Crippen molar-refractivity contribution >= 4 is 15.2 Å². The largest absolute Gasteiger partial charge is 0.340 e. The first-order chi connectivity index (χ1) is 5.55. The Morgan fingerprint density at radius 1 is 1.15 bits per heavy atom. The van der Waals surface area contributed by atoms with E-state index in [9.17, 15) is 9.13 Å². The summed E-state index contributed by atoms with van der Waals surface area (Å²) in [7, 11) is -9.59. The summed E-state index contributed by atoms with van der Waals surface area (Å²) in [6, 6.07) is -0.676. The smallest absolute Gasteiger partial charge is 0.328 e. The maximum atomic E-state index is 10.7. The molecule has 0 aromatic heterocycles. The molecule has 0 aliphatic carbocycles. The van der Waals surface area contributed by atoms with Crippen molar-refractivity contribution in [1.82, 2.24) is 0 Å². The average molecular weight is 233 g/mol. The van der Waals surface area contributed by atoms with Crippen LogP contribution in [0.5, 0.6) is 0 Å². The Morgan fingerprint density at radius 2 is 1.46 bits per heavy atom. The maximum Gasteiger partial charge on any atom is 0.340 e. The van der Waals surface area contributed by atoms with E-state index in [0.29, 0.717) is 0 Å². The van der Waals surface area contributed by atoms with Gasteiger partial charge in [-0.15, -0.1) is 0 Å². The molecule has 0 aromatic rings. The second-order valence-electron chi connectivity index (χ2n) is 2.87. The summed E-state index contributed by atoms with van der Waals surface area (Å²) < 4.78 is 21.3. The topological polar surface area (TPSA) is 141 Å². The van der Waals surface area contributed by atoms with E-state index in [1.165, 1.54) is 6.92 Å². The van der Waals surface area contributed by atoms with Gasteiger partial charge in [-0.1, -0.05) is 0 Å². The van der Waals surface area contributed by atoms with Crippen LogP contribution in [-0.4, -0.2) is 31.0 Å². The number of nitrogens with two attached hydrogens (primary N) is 1. The first kappa shape index (κ1) is 13.3. The molecule has 6 N–H and O–H groups in total. The molecular weight excluding hydrogens is 220 g/mol. The summed E-state index contributed by atoms with van der Waals surface area (Å²) in [5, 5.41) is -1.99. The second kappa shape index (κ2) is 4.19. The zero-order valence-electron chi connectivity index (χ0n) is 6.94. The Bertz CT molecular complexity index is 231. The third-order valence-corrected chi connectivity index (χ3v) is 5.14. The van der Waals surface area contributed by atoms with Gasteiger partial charge in [-0.05, 0) is 13.3 Å². The lowest BCUT2D eigenvalue weighted by atomic mass is 10.3. The predicted molar refractivity (Wildman–Crippen MR) is 46.1 cm³/mol. The summed E-state index contributed by atoms with van der Waals surface area (Å²) >= 11 is 0. The van der Waals surface area contributed by atoms with E-state index in [4.69, 9.17) is 25.3 Å². The van der Waals surface area contributed by atoms with Crippen LogP contribution in [0.2, 0.25) is 0 Å². The van der Waals surface area contributed by atoms with E-state index in [1.807, 2.05) is 0 Å². The number of rotatable bonds is 4. The van der Waals surface area contributed by atoms with E-state index in [1.54, 1.807) is 0 Å². The highest BCUT2D eigenvalue weighted by molar-refractivity contribution is 7.70. The van der Waals surface area contributed by atoms with Crippen LogP contribution in [-0.2, 0) is 9.13 Å². The monoisotopic (exact) mass is 233 g/mol. The van der Waals surface area contributed by atoms with Gasteiger partial charge in [-0.25, -0.2) is 0 Å². The fourth-order valence-electron chi connectivity index (χ4n) is 0.803. The Hall–Kier alpha value is 0.260. The second-order valence-corrected chi connectivity index (χ2v) is 6.88. The van der Waals surface area contributed by atoms with Crippen molar-refractivity contribution in [2.75, 3.05) is 0 Å². The molecule has 1 unspecified atom stereocenters. The minimum Gasteiger partial charge on any atom is -0.328 e. The van der Waals surface area contributed by atoms with Crippen molar-refractivity contribution in [3.05, 3.63) is 0 Å². The highest BCUT2D eigenvalue weighted by atomic mass is 31.2. The van der Waals surface area contributed by atoms with Crippen LogP contribution in [0.3, 0.4) is 0 Å². The first-order valence-electron chi connectivity index (χ1n) is 3.41. The molecule has 0 radical (unpaired) electrons. The molecule has 80 valence electrons. The lowest BCUT2D eigenvalue weighted by molar-refractivity contribution is 0.332. The lowest BCUT2D eigenvalue weighted by Gasteiger charge is -2.20. The molecule has 0 bridgehead atoms. The highest BCUT2D eigenvalue weighted by Crippen LogP contribution is 2.61. The SMILES string of the molecule is CC(N)CC(P(=O)(O)O)P(=O)(O)O. The minimum atomic E-state index is -4.79.